The summed E-state index contributed by atoms with van der Waals surface area (Å²) in [6, 6.07) is 13.4. The van der Waals surface area contributed by atoms with Crippen LogP contribution in [0.4, 0.5) is 11.4 Å². The number of aliphatic hydroxyl groups excluding tert-OH is 1. The van der Waals surface area contributed by atoms with Crippen LogP contribution >= 0.6 is 11.6 Å². The number of benzene rings is 2. The topological polar surface area (TPSA) is 99.6 Å². The third kappa shape index (κ3) is 5.13. The Kier molecular flexibility index (Phi) is 8.31. The minimum Gasteiger partial charge on any atom is -0.494 e. The van der Waals surface area contributed by atoms with Crippen LogP contribution in [0.25, 0.3) is 0 Å². The maximum atomic E-state index is 14.4. The van der Waals surface area contributed by atoms with Crippen LogP contribution < -0.4 is 14.5 Å². The second kappa shape index (κ2) is 12.1. The van der Waals surface area contributed by atoms with Gasteiger partial charge in [0.05, 0.1) is 24.5 Å². The molecule has 1 spiro atoms. The first kappa shape index (κ1) is 29.4. The van der Waals surface area contributed by atoms with Crippen LogP contribution in [0.3, 0.4) is 0 Å². The Hall–Kier alpha value is -3.66. The van der Waals surface area contributed by atoms with Crippen LogP contribution in [-0.2, 0) is 19.1 Å². The summed E-state index contributed by atoms with van der Waals surface area (Å²) in [4.78, 5) is 48.1. The van der Waals surface area contributed by atoms with Crippen molar-refractivity contribution in [2.75, 3.05) is 42.6 Å². The number of fused-ring (bicyclic) bond motifs is 2. The summed E-state index contributed by atoms with van der Waals surface area (Å²) >= 11 is 6.12. The number of amides is 3. The van der Waals surface area contributed by atoms with Crippen LogP contribution in [-0.4, -0.2) is 78.3 Å². The lowest BCUT2D eigenvalue weighted by atomic mass is 9.77. The van der Waals surface area contributed by atoms with E-state index in [2.05, 4.69) is 0 Å². The van der Waals surface area contributed by atoms with Gasteiger partial charge in [-0.15, -0.1) is 0 Å². The molecular weight excluding hydrogens is 570 g/mol. The summed E-state index contributed by atoms with van der Waals surface area (Å²) in [5, 5.41) is 9.85. The predicted molar refractivity (Wildman–Crippen MR) is 163 cm³/mol. The van der Waals surface area contributed by atoms with Crippen LogP contribution in [0.1, 0.15) is 26.2 Å². The van der Waals surface area contributed by atoms with Crippen molar-refractivity contribution in [2.24, 2.45) is 11.8 Å². The summed E-state index contributed by atoms with van der Waals surface area (Å²) < 4.78 is 12.3. The van der Waals surface area contributed by atoms with E-state index in [0.717, 1.165) is 0 Å². The molecule has 3 amide bonds. The van der Waals surface area contributed by atoms with E-state index in [-0.39, 0.29) is 24.3 Å². The summed E-state index contributed by atoms with van der Waals surface area (Å²) in [6.45, 7) is 3.46. The van der Waals surface area contributed by atoms with E-state index in [1.807, 2.05) is 55.5 Å². The third-order valence-corrected chi connectivity index (χ3v) is 9.07. The molecule has 2 fully saturated rings. The van der Waals surface area contributed by atoms with Crippen molar-refractivity contribution in [3.63, 3.8) is 0 Å². The van der Waals surface area contributed by atoms with Crippen molar-refractivity contribution in [1.82, 2.24) is 4.90 Å². The second-order valence-corrected chi connectivity index (χ2v) is 11.7. The van der Waals surface area contributed by atoms with Crippen LogP contribution in [0.15, 0.2) is 72.8 Å². The fourth-order valence-corrected chi connectivity index (χ4v) is 7.05. The predicted octanol–water partition coefficient (Wildman–Crippen LogP) is 3.99. The number of carbonyl (C=O) groups is 3. The second-order valence-electron chi connectivity index (χ2n) is 11.3. The molecule has 1 unspecified atom stereocenters. The molecule has 5 atom stereocenters. The summed E-state index contributed by atoms with van der Waals surface area (Å²) in [7, 11) is 0. The summed E-state index contributed by atoms with van der Waals surface area (Å²) in [5.41, 5.74) is 0.0600. The van der Waals surface area contributed by atoms with E-state index >= 15 is 0 Å². The van der Waals surface area contributed by atoms with Gasteiger partial charge in [0, 0.05) is 42.6 Å². The molecule has 0 aliphatic carbocycles. The normalized spacial score (nSPS) is 28.1. The first-order valence-electron chi connectivity index (χ1n) is 14.9. The van der Waals surface area contributed by atoms with Crippen LogP contribution in [0.5, 0.6) is 5.75 Å². The largest absolute Gasteiger partial charge is 0.494 e. The number of carbonyl (C=O) groups excluding carboxylic acids is 3. The van der Waals surface area contributed by atoms with Crippen molar-refractivity contribution in [2.45, 2.75) is 43.9 Å². The van der Waals surface area contributed by atoms with Gasteiger partial charge >= 0.3 is 0 Å². The smallest absolute Gasteiger partial charge is 0.253 e. The lowest BCUT2D eigenvalue weighted by Gasteiger charge is -2.35. The van der Waals surface area contributed by atoms with Gasteiger partial charge in [0.15, 0.2) is 0 Å². The fourth-order valence-electron chi connectivity index (χ4n) is 6.92. The van der Waals surface area contributed by atoms with Crippen molar-refractivity contribution in [1.29, 1.82) is 0 Å². The van der Waals surface area contributed by atoms with Gasteiger partial charge in [-0.05, 0) is 74.7 Å². The van der Waals surface area contributed by atoms with Crippen molar-refractivity contribution < 1.29 is 29.0 Å². The van der Waals surface area contributed by atoms with Gasteiger partial charge in [-0.2, -0.15) is 0 Å². The van der Waals surface area contributed by atoms with E-state index in [0.29, 0.717) is 67.7 Å². The maximum Gasteiger partial charge on any atom is 0.253 e. The number of anilines is 2. The minimum absolute atomic E-state index is 0.0606. The number of aliphatic hydroxyl groups is 1. The maximum absolute atomic E-state index is 14.4. The molecule has 0 saturated carbocycles. The molecule has 4 heterocycles. The number of halogens is 1. The molecule has 0 radical (unpaired) electrons. The molecule has 9 nitrogen and oxygen atoms in total. The highest BCUT2D eigenvalue weighted by atomic mass is 35.5. The average molecular weight is 606 g/mol. The van der Waals surface area contributed by atoms with Gasteiger partial charge in [0.1, 0.15) is 17.4 Å². The van der Waals surface area contributed by atoms with E-state index < -0.39 is 29.6 Å². The van der Waals surface area contributed by atoms with Gasteiger partial charge < -0.3 is 29.3 Å². The molecule has 6 rings (SSSR count). The first-order chi connectivity index (χ1) is 20.9. The first-order valence-corrected chi connectivity index (χ1v) is 15.3. The van der Waals surface area contributed by atoms with Crippen molar-refractivity contribution in [3.05, 3.63) is 77.9 Å². The lowest BCUT2D eigenvalue weighted by molar-refractivity contribution is -0.140. The highest BCUT2D eigenvalue weighted by Crippen LogP contribution is 2.54. The molecule has 0 bridgehead atoms. The number of nitrogens with zero attached hydrogens (tertiary/aromatic N) is 3. The fraction of sp³-hybridized carbons (Fsp3) is 0.424. The SMILES string of the molecule is CCOc1ccc(N2CC=C[C@@H]3O[C@]45C=CCN(c6ccc(Cl)cc6)C(=O)C4N(CCCCCO)C(=O)[C@@H]5[C@@H]3C2=O)cc1. The van der Waals surface area contributed by atoms with E-state index in [1.54, 1.807) is 39.0 Å². The Balaban J connectivity index is 1.37. The molecule has 226 valence electrons. The Bertz CT molecular complexity index is 1430. The summed E-state index contributed by atoms with van der Waals surface area (Å²) in [6.07, 6.45) is 8.73. The molecule has 0 aromatic heterocycles. The third-order valence-electron chi connectivity index (χ3n) is 8.81. The highest BCUT2D eigenvalue weighted by Gasteiger charge is 2.71. The molecule has 4 aliphatic rings. The van der Waals surface area contributed by atoms with E-state index in [9.17, 15) is 19.5 Å². The number of ether oxygens (including phenoxy) is 2. The van der Waals surface area contributed by atoms with Gasteiger partial charge in [-0.3, -0.25) is 14.4 Å². The van der Waals surface area contributed by atoms with Gasteiger partial charge in [0.2, 0.25) is 11.8 Å². The van der Waals surface area contributed by atoms with Gasteiger partial charge in [-0.25, -0.2) is 0 Å². The Morgan fingerprint density at radius 3 is 2.28 bits per heavy atom. The van der Waals surface area contributed by atoms with Crippen LogP contribution in [0, 0.1) is 11.8 Å². The number of rotatable bonds is 9. The molecule has 2 aromatic carbocycles. The quantitative estimate of drug-likeness (QED) is 0.343. The Morgan fingerprint density at radius 2 is 1.58 bits per heavy atom. The Morgan fingerprint density at radius 1 is 0.907 bits per heavy atom. The average Bonchev–Trinajstić information content (AvgIpc) is 3.31. The zero-order valence-electron chi connectivity index (χ0n) is 24.1. The van der Waals surface area contributed by atoms with Gasteiger partial charge in [0.25, 0.3) is 5.91 Å². The van der Waals surface area contributed by atoms with E-state index in [1.165, 1.54) is 0 Å². The molecule has 2 saturated heterocycles. The van der Waals surface area contributed by atoms with Gasteiger partial charge in [-0.1, -0.05) is 35.9 Å². The van der Waals surface area contributed by atoms with E-state index in [4.69, 9.17) is 21.1 Å². The number of hydrogen-bond acceptors (Lipinski definition) is 6. The zero-order chi connectivity index (χ0) is 30.1. The van der Waals surface area contributed by atoms with Crippen molar-refractivity contribution in [3.8, 4) is 5.75 Å². The van der Waals surface area contributed by atoms with Crippen molar-refractivity contribution >= 4 is 40.7 Å². The summed E-state index contributed by atoms with van der Waals surface area (Å²) in [5.74, 6) is -1.69. The number of likely N-dealkylation sites (tertiary alicyclic amines) is 1. The lowest BCUT2D eigenvalue weighted by Crippen LogP contribution is -2.55. The standard InChI is InChI=1S/C33H36ClN3O6/c1-2-42-25-15-13-24(14-16-25)35-19-6-8-26-27(30(35)39)28-31(40)37(18-4-3-5-21-38)29-32(41)36(20-7-17-33(28,29)43-26)23-11-9-22(34)10-12-23/h6-17,26-29,38H,2-5,18-21H2,1H3/t26-,27+,28-,29?,33-/m0/s1. The molecule has 10 heteroatoms. The molecular formula is C33H36ClN3O6. The minimum atomic E-state index is -1.30. The monoisotopic (exact) mass is 605 g/mol. The highest BCUT2D eigenvalue weighted by molar-refractivity contribution is 6.30. The number of unbranched alkanes of at least 4 members (excludes halogenated alkanes) is 2. The molecule has 2 aromatic rings. The Labute approximate surface area is 256 Å². The molecule has 1 N–H and O–H groups in total. The molecule has 4 aliphatic heterocycles. The zero-order valence-corrected chi connectivity index (χ0v) is 24.9. The molecule has 43 heavy (non-hydrogen) atoms. The number of hydrogen-bond donors (Lipinski definition) is 1. The van der Waals surface area contributed by atoms with Crippen LogP contribution in [0.2, 0.25) is 5.02 Å².